The lowest BCUT2D eigenvalue weighted by molar-refractivity contribution is 0.177. The fraction of sp³-hybridized carbons (Fsp3) is 0.444. The van der Waals surface area contributed by atoms with E-state index in [1.54, 1.807) is 23.9 Å². The lowest BCUT2D eigenvalue weighted by Gasteiger charge is -2.32. The minimum Gasteiger partial charge on any atom is -0.299 e. The summed E-state index contributed by atoms with van der Waals surface area (Å²) >= 11 is 8.71. The summed E-state index contributed by atoms with van der Waals surface area (Å²) in [5.41, 5.74) is 1.37. The maximum atomic E-state index is 12.3. The highest BCUT2D eigenvalue weighted by Crippen LogP contribution is 2.27. The normalized spacial score (nSPS) is 16.8. The number of sulfonamides is 1. The van der Waals surface area contributed by atoms with Gasteiger partial charge in [-0.2, -0.15) is 0 Å². The van der Waals surface area contributed by atoms with Crippen LogP contribution in [0, 0.1) is 5.92 Å². The quantitative estimate of drug-likeness (QED) is 0.665. The molecule has 4 nitrogen and oxygen atoms in total. The molecular formula is C18H23ClN2O2S3. The molecule has 1 N–H and O–H groups in total. The van der Waals surface area contributed by atoms with Crippen molar-refractivity contribution in [1.29, 1.82) is 0 Å². The van der Waals surface area contributed by atoms with Gasteiger partial charge in [-0.15, -0.1) is 23.1 Å². The Kier molecular flexibility index (Phi) is 7.05. The van der Waals surface area contributed by atoms with Crippen LogP contribution in [-0.2, 0) is 16.6 Å². The molecule has 0 unspecified atom stereocenters. The van der Waals surface area contributed by atoms with E-state index in [1.807, 2.05) is 0 Å². The molecule has 3 rings (SSSR count). The van der Waals surface area contributed by atoms with E-state index in [1.165, 1.54) is 10.5 Å². The number of rotatable bonds is 7. The van der Waals surface area contributed by atoms with Gasteiger partial charge in [-0.05, 0) is 61.9 Å². The van der Waals surface area contributed by atoms with E-state index >= 15 is 0 Å². The van der Waals surface area contributed by atoms with Gasteiger partial charge in [0.05, 0.1) is 4.34 Å². The number of piperidine rings is 1. The third-order valence-electron chi connectivity index (χ3n) is 4.67. The van der Waals surface area contributed by atoms with Crippen LogP contribution in [0.15, 0.2) is 45.5 Å². The highest BCUT2D eigenvalue weighted by atomic mass is 35.5. The van der Waals surface area contributed by atoms with Crippen molar-refractivity contribution in [3.8, 4) is 0 Å². The van der Waals surface area contributed by atoms with E-state index in [9.17, 15) is 8.42 Å². The summed E-state index contributed by atoms with van der Waals surface area (Å²) < 4.78 is 28.1. The van der Waals surface area contributed by atoms with Gasteiger partial charge in [0.25, 0.3) is 0 Å². The van der Waals surface area contributed by atoms with Gasteiger partial charge in [0, 0.05) is 18.0 Å². The first-order valence-electron chi connectivity index (χ1n) is 8.57. The minimum atomic E-state index is -3.44. The van der Waals surface area contributed by atoms with E-state index in [0.29, 0.717) is 16.8 Å². The Morgan fingerprint density at radius 3 is 2.62 bits per heavy atom. The number of likely N-dealkylation sites (tertiary alicyclic amines) is 1. The number of benzene rings is 1. The predicted octanol–water partition coefficient (Wildman–Crippen LogP) is 4.31. The zero-order chi connectivity index (χ0) is 18.6. The van der Waals surface area contributed by atoms with Crippen molar-refractivity contribution in [3.63, 3.8) is 0 Å². The molecule has 0 atom stereocenters. The molecule has 26 heavy (non-hydrogen) atoms. The molecule has 8 heteroatoms. The maximum absolute atomic E-state index is 12.3. The molecule has 1 aliphatic heterocycles. The minimum absolute atomic E-state index is 0.286. The molecule has 0 aliphatic carbocycles. The fourth-order valence-corrected chi connectivity index (χ4v) is 6.42. The van der Waals surface area contributed by atoms with Crippen molar-refractivity contribution in [1.82, 2.24) is 9.62 Å². The Bertz CT molecular complexity index is 830. The van der Waals surface area contributed by atoms with Gasteiger partial charge in [-0.1, -0.05) is 29.8 Å². The molecule has 2 aromatic rings. The van der Waals surface area contributed by atoms with Crippen molar-refractivity contribution in [2.24, 2.45) is 5.92 Å². The largest absolute Gasteiger partial charge is 0.299 e. The van der Waals surface area contributed by atoms with Gasteiger partial charge in [-0.3, -0.25) is 4.90 Å². The lowest BCUT2D eigenvalue weighted by Crippen LogP contribution is -2.38. The number of nitrogens with zero attached hydrogens (tertiary/aromatic N) is 1. The summed E-state index contributed by atoms with van der Waals surface area (Å²) in [7, 11) is -3.44. The smallest absolute Gasteiger partial charge is 0.250 e. The van der Waals surface area contributed by atoms with Crippen LogP contribution in [0.1, 0.15) is 18.4 Å². The second-order valence-electron chi connectivity index (χ2n) is 6.44. The SMILES string of the molecule is CSc1ccccc1CN1CCC(CNS(=O)(=O)c2ccc(Cl)s2)CC1. The fourth-order valence-electron chi connectivity index (χ4n) is 3.16. The Hall–Kier alpha value is -0.570. The Morgan fingerprint density at radius 2 is 1.96 bits per heavy atom. The highest BCUT2D eigenvalue weighted by Gasteiger charge is 2.23. The van der Waals surface area contributed by atoms with Crippen LogP contribution in [0.4, 0.5) is 0 Å². The molecule has 1 saturated heterocycles. The number of thioether (sulfide) groups is 1. The molecule has 1 aliphatic rings. The molecule has 0 saturated carbocycles. The lowest BCUT2D eigenvalue weighted by atomic mass is 9.97. The Balaban J connectivity index is 1.48. The number of thiophene rings is 1. The zero-order valence-corrected chi connectivity index (χ0v) is 17.9. The summed E-state index contributed by atoms with van der Waals surface area (Å²) in [6, 6.07) is 11.7. The van der Waals surface area contributed by atoms with Crippen LogP contribution in [-0.4, -0.2) is 39.2 Å². The summed E-state index contributed by atoms with van der Waals surface area (Å²) in [6.07, 6.45) is 4.13. The average Bonchev–Trinajstić information content (AvgIpc) is 3.09. The predicted molar refractivity (Wildman–Crippen MR) is 111 cm³/mol. The summed E-state index contributed by atoms with van der Waals surface area (Å²) in [4.78, 5) is 3.79. The van der Waals surface area contributed by atoms with Crippen LogP contribution in [0.5, 0.6) is 0 Å². The maximum Gasteiger partial charge on any atom is 0.250 e. The molecule has 1 aromatic heterocycles. The first-order chi connectivity index (χ1) is 12.5. The number of halogens is 1. The monoisotopic (exact) mass is 430 g/mol. The first kappa shape index (κ1) is 20.2. The van der Waals surface area contributed by atoms with Crippen LogP contribution in [0.3, 0.4) is 0 Å². The number of hydrogen-bond acceptors (Lipinski definition) is 5. The Morgan fingerprint density at radius 1 is 1.23 bits per heavy atom. The van der Waals surface area contributed by atoms with Crippen molar-refractivity contribution >= 4 is 44.7 Å². The topological polar surface area (TPSA) is 49.4 Å². The van der Waals surface area contributed by atoms with Crippen LogP contribution in [0.2, 0.25) is 4.34 Å². The van der Waals surface area contributed by atoms with E-state index in [4.69, 9.17) is 11.6 Å². The average molecular weight is 431 g/mol. The molecule has 0 spiro atoms. The molecule has 1 aromatic carbocycles. The van der Waals surface area contributed by atoms with Crippen molar-refractivity contribution in [3.05, 3.63) is 46.3 Å². The van der Waals surface area contributed by atoms with Crippen LogP contribution >= 0.6 is 34.7 Å². The van der Waals surface area contributed by atoms with E-state index in [0.717, 1.165) is 43.8 Å². The zero-order valence-electron chi connectivity index (χ0n) is 14.7. The van der Waals surface area contributed by atoms with E-state index < -0.39 is 10.0 Å². The number of nitrogens with one attached hydrogen (secondary N) is 1. The van der Waals surface area contributed by atoms with E-state index in [-0.39, 0.29) is 4.21 Å². The standard InChI is InChI=1S/C18H23ClN2O2S3/c1-24-16-5-3-2-4-15(16)13-21-10-8-14(9-11-21)12-20-26(22,23)18-7-6-17(19)25-18/h2-7,14,20H,8-13H2,1H3. The number of hydrogen-bond donors (Lipinski definition) is 1. The van der Waals surface area contributed by atoms with Crippen molar-refractivity contribution in [2.45, 2.75) is 28.5 Å². The second-order valence-corrected chi connectivity index (χ2v) is 11.0. The van der Waals surface area contributed by atoms with Crippen molar-refractivity contribution in [2.75, 3.05) is 25.9 Å². The van der Waals surface area contributed by atoms with Gasteiger partial charge >= 0.3 is 0 Å². The molecule has 0 radical (unpaired) electrons. The van der Waals surface area contributed by atoms with Gasteiger partial charge in [0.15, 0.2) is 0 Å². The molecule has 2 heterocycles. The third-order valence-corrected chi connectivity index (χ3v) is 8.65. The van der Waals surface area contributed by atoms with Crippen LogP contribution < -0.4 is 4.72 Å². The van der Waals surface area contributed by atoms with Crippen molar-refractivity contribution < 1.29 is 8.42 Å². The molecule has 0 bridgehead atoms. The Labute approximate surface area is 169 Å². The summed E-state index contributed by atoms with van der Waals surface area (Å²) in [6.45, 7) is 3.45. The second kappa shape index (κ2) is 9.08. The molecule has 142 valence electrons. The third kappa shape index (κ3) is 5.24. The highest BCUT2D eigenvalue weighted by molar-refractivity contribution is 7.98. The first-order valence-corrected chi connectivity index (χ1v) is 12.5. The van der Waals surface area contributed by atoms with Gasteiger partial charge in [0.2, 0.25) is 10.0 Å². The van der Waals surface area contributed by atoms with Gasteiger partial charge in [0.1, 0.15) is 4.21 Å². The van der Waals surface area contributed by atoms with Gasteiger partial charge < -0.3 is 0 Å². The molecule has 1 fully saturated rings. The summed E-state index contributed by atoms with van der Waals surface area (Å²) in [5, 5.41) is 0. The molecule has 0 amide bonds. The summed E-state index contributed by atoms with van der Waals surface area (Å²) in [5.74, 6) is 0.382. The van der Waals surface area contributed by atoms with E-state index in [2.05, 4.69) is 40.1 Å². The molecular weight excluding hydrogens is 408 g/mol. The van der Waals surface area contributed by atoms with Gasteiger partial charge in [-0.25, -0.2) is 13.1 Å². The van der Waals surface area contributed by atoms with Crippen LogP contribution in [0.25, 0.3) is 0 Å².